The molecule has 40 heavy (non-hydrogen) atoms. The average Bonchev–Trinajstić information content (AvgIpc) is 3.34. The van der Waals surface area contributed by atoms with Gasteiger partial charge >= 0.3 is 12.0 Å². The van der Waals surface area contributed by atoms with Crippen molar-refractivity contribution >= 4 is 46.8 Å². The standard InChI is InChI=1S/C30H30Cl2N4O4/c1-40-29(38)24(15-33-30(39)35-23-13-11-19-9-5-6-10-21(19)23)34-28(37)26-22(31)12-14-25(27(26)32)36-16-20(17-36)18-7-3-2-4-8-18/h2-10,12,14,20,23-24H,11,13,15-17H2,1H3,(H,34,37)(H2,33,35,39)/t23-,24?/m1/s1. The smallest absolute Gasteiger partial charge is 0.330 e. The SMILES string of the molecule is COC(=O)C(CNC(=O)N[C@@H]1CCc2ccccc21)NC(=O)c1c(Cl)ccc(N2CC(c3ccccc3)C2)c1Cl. The van der Waals surface area contributed by atoms with Crippen LogP contribution in [0.15, 0.2) is 66.7 Å². The van der Waals surface area contributed by atoms with Crippen molar-refractivity contribution in [1.29, 1.82) is 0 Å². The van der Waals surface area contributed by atoms with Crippen molar-refractivity contribution in [2.45, 2.75) is 30.8 Å². The number of fused-ring (bicyclic) bond motifs is 1. The number of methoxy groups -OCH3 is 1. The Bertz CT molecular complexity index is 1410. The van der Waals surface area contributed by atoms with Gasteiger partial charge in [0.25, 0.3) is 5.91 Å². The summed E-state index contributed by atoms with van der Waals surface area (Å²) in [4.78, 5) is 40.5. The Morgan fingerprint density at radius 2 is 1.73 bits per heavy atom. The first-order chi connectivity index (χ1) is 19.4. The zero-order chi connectivity index (χ0) is 28.2. The minimum Gasteiger partial charge on any atom is -0.467 e. The molecule has 0 bridgehead atoms. The van der Waals surface area contributed by atoms with E-state index in [1.807, 2.05) is 42.5 Å². The molecule has 1 fully saturated rings. The van der Waals surface area contributed by atoms with E-state index in [0.29, 0.717) is 11.6 Å². The molecule has 3 amide bonds. The number of benzene rings is 3. The fourth-order valence-corrected chi connectivity index (χ4v) is 5.94. The van der Waals surface area contributed by atoms with Crippen molar-refractivity contribution in [1.82, 2.24) is 16.0 Å². The maximum Gasteiger partial charge on any atom is 0.330 e. The highest BCUT2D eigenvalue weighted by atomic mass is 35.5. The summed E-state index contributed by atoms with van der Waals surface area (Å²) < 4.78 is 4.86. The minimum atomic E-state index is -1.15. The summed E-state index contributed by atoms with van der Waals surface area (Å²) in [6.07, 6.45) is 1.67. The van der Waals surface area contributed by atoms with Crippen LogP contribution >= 0.6 is 23.2 Å². The van der Waals surface area contributed by atoms with Gasteiger partial charge < -0.3 is 25.6 Å². The lowest BCUT2D eigenvalue weighted by molar-refractivity contribution is -0.142. The van der Waals surface area contributed by atoms with E-state index in [4.69, 9.17) is 27.9 Å². The Labute approximate surface area is 243 Å². The summed E-state index contributed by atoms with van der Waals surface area (Å²) in [6, 6.07) is 19.8. The molecule has 2 aliphatic rings. The van der Waals surface area contributed by atoms with Gasteiger partial charge in [-0.15, -0.1) is 0 Å². The van der Waals surface area contributed by atoms with Crippen LogP contribution in [0.25, 0.3) is 0 Å². The maximum atomic E-state index is 13.3. The molecule has 3 N–H and O–H groups in total. The van der Waals surface area contributed by atoms with Gasteiger partial charge in [-0.1, -0.05) is 77.8 Å². The zero-order valence-corrected chi connectivity index (χ0v) is 23.5. The summed E-state index contributed by atoms with van der Waals surface area (Å²) in [7, 11) is 1.21. The van der Waals surface area contributed by atoms with Crippen LogP contribution in [0.4, 0.5) is 10.5 Å². The van der Waals surface area contributed by atoms with E-state index >= 15 is 0 Å². The minimum absolute atomic E-state index is 0.0601. The lowest BCUT2D eigenvalue weighted by Gasteiger charge is -2.42. The number of carbonyl (C=O) groups excluding carboxylic acids is 3. The summed E-state index contributed by atoms with van der Waals surface area (Å²) >= 11 is 13.1. The lowest BCUT2D eigenvalue weighted by atomic mass is 9.91. The fourth-order valence-electron chi connectivity index (χ4n) is 5.28. The van der Waals surface area contributed by atoms with Gasteiger partial charge in [-0.2, -0.15) is 0 Å². The second-order valence-electron chi connectivity index (χ2n) is 9.96. The zero-order valence-electron chi connectivity index (χ0n) is 22.0. The molecule has 3 aromatic carbocycles. The fraction of sp³-hybridized carbons (Fsp3) is 0.300. The van der Waals surface area contributed by atoms with Crippen LogP contribution in [0, 0.1) is 0 Å². The molecule has 5 rings (SSSR count). The molecule has 1 saturated heterocycles. The van der Waals surface area contributed by atoms with Crippen molar-refractivity contribution < 1.29 is 19.1 Å². The summed E-state index contributed by atoms with van der Waals surface area (Å²) in [5.41, 5.74) is 4.28. The van der Waals surface area contributed by atoms with Gasteiger partial charge in [0.05, 0.1) is 41.0 Å². The molecular weight excluding hydrogens is 551 g/mol. The first-order valence-corrected chi connectivity index (χ1v) is 13.9. The number of nitrogens with zero attached hydrogens (tertiary/aromatic N) is 1. The molecule has 3 aromatic rings. The van der Waals surface area contributed by atoms with Crippen LogP contribution in [0.2, 0.25) is 10.0 Å². The van der Waals surface area contributed by atoms with Crippen LogP contribution in [0.1, 0.15) is 45.4 Å². The molecule has 0 aromatic heterocycles. The highest BCUT2D eigenvalue weighted by Crippen LogP contribution is 2.39. The Hall–Kier alpha value is -3.75. The number of hydrogen-bond donors (Lipinski definition) is 3. The van der Waals surface area contributed by atoms with Crippen LogP contribution in [0.5, 0.6) is 0 Å². The second kappa shape index (κ2) is 12.2. The van der Waals surface area contributed by atoms with E-state index in [9.17, 15) is 14.4 Å². The van der Waals surface area contributed by atoms with Gasteiger partial charge in [-0.25, -0.2) is 9.59 Å². The first kappa shape index (κ1) is 27.8. The molecule has 208 valence electrons. The van der Waals surface area contributed by atoms with Crippen LogP contribution in [-0.4, -0.2) is 50.7 Å². The maximum absolute atomic E-state index is 13.3. The second-order valence-corrected chi connectivity index (χ2v) is 10.7. The molecule has 1 aliphatic heterocycles. The van der Waals surface area contributed by atoms with E-state index in [1.165, 1.54) is 18.2 Å². The Kier molecular flexibility index (Phi) is 8.47. The Balaban J connectivity index is 1.22. The molecule has 1 unspecified atom stereocenters. The van der Waals surface area contributed by atoms with Crippen molar-refractivity contribution in [2.24, 2.45) is 0 Å². The van der Waals surface area contributed by atoms with Gasteiger partial charge in [0.2, 0.25) is 0 Å². The molecule has 1 aliphatic carbocycles. The van der Waals surface area contributed by atoms with E-state index in [2.05, 4.69) is 33.0 Å². The van der Waals surface area contributed by atoms with Crippen molar-refractivity contribution in [3.8, 4) is 0 Å². The Morgan fingerprint density at radius 1 is 1.00 bits per heavy atom. The quantitative estimate of drug-likeness (QED) is 0.330. The third-order valence-electron chi connectivity index (χ3n) is 7.49. The highest BCUT2D eigenvalue weighted by molar-refractivity contribution is 6.41. The number of hydrogen-bond acceptors (Lipinski definition) is 5. The molecule has 1 heterocycles. The summed E-state index contributed by atoms with van der Waals surface area (Å²) in [5, 5.41) is 8.58. The third-order valence-corrected chi connectivity index (χ3v) is 8.18. The van der Waals surface area contributed by atoms with Gasteiger partial charge in [0.15, 0.2) is 0 Å². The highest BCUT2D eigenvalue weighted by Gasteiger charge is 2.32. The monoisotopic (exact) mass is 580 g/mol. The number of esters is 1. The van der Waals surface area contributed by atoms with E-state index in [1.54, 1.807) is 12.1 Å². The Morgan fingerprint density at radius 3 is 2.48 bits per heavy atom. The summed E-state index contributed by atoms with van der Waals surface area (Å²) in [6.45, 7) is 1.32. The lowest BCUT2D eigenvalue weighted by Crippen LogP contribution is -2.51. The number of rotatable bonds is 8. The summed E-state index contributed by atoms with van der Waals surface area (Å²) in [5.74, 6) is -0.986. The number of halogens is 2. The number of ether oxygens (including phenoxy) is 1. The van der Waals surface area contributed by atoms with E-state index in [-0.39, 0.29) is 28.2 Å². The average molecular weight is 582 g/mol. The van der Waals surface area contributed by atoms with Crippen LogP contribution < -0.4 is 20.9 Å². The largest absolute Gasteiger partial charge is 0.467 e. The van der Waals surface area contributed by atoms with Crippen molar-refractivity contribution in [3.05, 3.63) is 99.0 Å². The number of amides is 3. The molecule has 2 atom stereocenters. The normalized spacial score (nSPS) is 16.9. The first-order valence-electron chi connectivity index (χ1n) is 13.1. The molecule has 10 heteroatoms. The molecule has 0 saturated carbocycles. The molecule has 0 spiro atoms. The van der Waals surface area contributed by atoms with E-state index < -0.39 is 23.9 Å². The number of aryl methyl sites for hydroxylation is 1. The molecule has 0 radical (unpaired) electrons. The van der Waals surface area contributed by atoms with Crippen LogP contribution in [-0.2, 0) is 16.0 Å². The number of urea groups is 1. The topological polar surface area (TPSA) is 99.8 Å². The van der Waals surface area contributed by atoms with E-state index in [0.717, 1.165) is 31.5 Å². The van der Waals surface area contributed by atoms with Crippen LogP contribution in [0.3, 0.4) is 0 Å². The molecule has 8 nitrogen and oxygen atoms in total. The van der Waals surface area contributed by atoms with Crippen molar-refractivity contribution in [3.63, 3.8) is 0 Å². The predicted octanol–water partition coefficient (Wildman–Crippen LogP) is 4.86. The number of carbonyl (C=O) groups is 3. The third kappa shape index (κ3) is 5.88. The van der Waals surface area contributed by atoms with Gasteiger partial charge in [-0.05, 0) is 41.7 Å². The molecular formula is C30H30Cl2N4O4. The van der Waals surface area contributed by atoms with Crippen molar-refractivity contribution in [2.75, 3.05) is 31.6 Å². The predicted molar refractivity (Wildman–Crippen MR) is 155 cm³/mol. The van der Waals surface area contributed by atoms with Gasteiger partial charge in [0, 0.05) is 19.0 Å². The number of anilines is 1. The van der Waals surface area contributed by atoms with Gasteiger partial charge in [0.1, 0.15) is 6.04 Å². The van der Waals surface area contributed by atoms with Gasteiger partial charge in [-0.3, -0.25) is 4.79 Å². The number of nitrogens with one attached hydrogen (secondary N) is 3.